The molecule has 1 aromatic rings. The first kappa shape index (κ1) is 18.7. The zero-order chi connectivity index (χ0) is 15.7. The Hall–Kier alpha value is -0.620. The molecule has 2 aliphatic rings. The Morgan fingerprint density at radius 3 is 2.61 bits per heavy atom. The monoisotopic (exact) mass is 401 g/mol. The molecule has 2 aliphatic heterocycles. The lowest BCUT2D eigenvalue weighted by Crippen LogP contribution is -2.48. The van der Waals surface area contributed by atoms with Crippen LogP contribution in [0.15, 0.2) is 22.7 Å². The SMILES string of the molecule is Cc1ccc(NC(=O)CN(C)C2CC3CCC(C2)N3)c(Br)c1.Cl. The largest absolute Gasteiger partial charge is 0.324 e. The summed E-state index contributed by atoms with van der Waals surface area (Å²) in [7, 11) is 2.07. The van der Waals surface area contributed by atoms with Crippen molar-refractivity contribution in [2.24, 2.45) is 0 Å². The van der Waals surface area contributed by atoms with Gasteiger partial charge in [-0.1, -0.05) is 6.07 Å². The molecule has 2 saturated heterocycles. The molecule has 2 unspecified atom stereocenters. The Bertz CT molecular complexity index is 557. The van der Waals surface area contributed by atoms with Gasteiger partial charge in [0, 0.05) is 22.6 Å². The minimum atomic E-state index is 0. The molecule has 2 N–H and O–H groups in total. The number of hydrogen-bond donors (Lipinski definition) is 2. The topological polar surface area (TPSA) is 44.4 Å². The number of amides is 1. The van der Waals surface area contributed by atoms with Crippen molar-refractivity contribution in [3.63, 3.8) is 0 Å². The maximum Gasteiger partial charge on any atom is 0.238 e. The van der Waals surface area contributed by atoms with Gasteiger partial charge in [-0.25, -0.2) is 0 Å². The minimum Gasteiger partial charge on any atom is -0.324 e. The number of rotatable bonds is 4. The van der Waals surface area contributed by atoms with Crippen LogP contribution in [0.1, 0.15) is 31.2 Å². The highest BCUT2D eigenvalue weighted by Gasteiger charge is 2.35. The fraction of sp³-hybridized carbons (Fsp3) is 0.588. The smallest absolute Gasteiger partial charge is 0.238 e. The van der Waals surface area contributed by atoms with E-state index in [0.717, 1.165) is 23.0 Å². The number of anilines is 1. The number of nitrogens with one attached hydrogen (secondary N) is 2. The summed E-state index contributed by atoms with van der Waals surface area (Å²) in [6, 6.07) is 7.80. The normalized spacial score (nSPS) is 26.0. The van der Waals surface area contributed by atoms with Crippen LogP contribution in [0.5, 0.6) is 0 Å². The Kier molecular flexibility index (Phi) is 6.48. The van der Waals surface area contributed by atoms with Crippen LogP contribution in [0.4, 0.5) is 5.69 Å². The molecule has 0 saturated carbocycles. The third kappa shape index (κ3) is 4.69. The molecule has 0 aromatic heterocycles. The van der Waals surface area contributed by atoms with Crippen LogP contribution in [-0.4, -0.2) is 42.5 Å². The van der Waals surface area contributed by atoms with Gasteiger partial charge in [0.05, 0.1) is 12.2 Å². The summed E-state index contributed by atoms with van der Waals surface area (Å²) in [4.78, 5) is 14.5. The van der Waals surface area contributed by atoms with Crippen molar-refractivity contribution in [3.05, 3.63) is 28.2 Å². The molecule has 6 heteroatoms. The van der Waals surface area contributed by atoms with Gasteiger partial charge in [0.1, 0.15) is 0 Å². The Morgan fingerprint density at radius 1 is 1.35 bits per heavy atom. The standard InChI is InChI=1S/C17H24BrN3O.ClH/c1-11-3-6-16(15(18)7-11)20-17(22)10-21(2)14-8-12-4-5-13(9-14)19-12;/h3,6-7,12-14,19H,4-5,8-10H2,1-2H3,(H,20,22);1H. The number of likely N-dealkylation sites (N-methyl/N-ethyl adjacent to an activating group) is 1. The van der Waals surface area contributed by atoms with Crippen molar-refractivity contribution < 1.29 is 4.79 Å². The van der Waals surface area contributed by atoms with Gasteiger partial charge >= 0.3 is 0 Å². The first-order valence-electron chi connectivity index (χ1n) is 8.03. The molecule has 23 heavy (non-hydrogen) atoms. The van der Waals surface area contributed by atoms with Gasteiger partial charge < -0.3 is 10.6 Å². The molecule has 2 fully saturated rings. The number of aryl methyl sites for hydroxylation is 1. The maximum absolute atomic E-state index is 12.3. The lowest BCUT2D eigenvalue weighted by Gasteiger charge is -2.35. The summed E-state index contributed by atoms with van der Waals surface area (Å²) in [6.07, 6.45) is 4.90. The van der Waals surface area contributed by atoms with Gasteiger partial charge in [0.25, 0.3) is 0 Å². The van der Waals surface area contributed by atoms with Gasteiger partial charge in [0.15, 0.2) is 0 Å². The lowest BCUT2D eigenvalue weighted by molar-refractivity contribution is -0.117. The summed E-state index contributed by atoms with van der Waals surface area (Å²) in [5.41, 5.74) is 2.02. The Morgan fingerprint density at radius 2 is 2.00 bits per heavy atom. The molecule has 1 aromatic carbocycles. The highest BCUT2D eigenvalue weighted by molar-refractivity contribution is 9.10. The number of benzene rings is 1. The van der Waals surface area contributed by atoms with Crippen LogP contribution in [0, 0.1) is 6.92 Å². The Balaban J connectivity index is 0.00000192. The summed E-state index contributed by atoms with van der Waals surface area (Å²) in [5, 5.41) is 6.65. The van der Waals surface area contributed by atoms with E-state index in [4.69, 9.17) is 0 Å². The first-order chi connectivity index (χ1) is 10.5. The number of carbonyl (C=O) groups is 1. The minimum absolute atomic E-state index is 0. The van der Waals surface area contributed by atoms with Gasteiger partial charge in [0.2, 0.25) is 5.91 Å². The zero-order valence-corrected chi connectivity index (χ0v) is 16.0. The highest BCUT2D eigenvalue weighted by atomic mass is 79.9. The van der Waals surface area contributed by atoms with E-state index in [2.05, 4.69) is 38.5 Å². The van der Waals surface area contributed by atoms with Crippen molar-refractivity contribution in [2.75, 3.05) is 18.9 Å². The fourth-order valence-electron chi connectivity index (χ4n) is 3.65. The van der Waals surface area contributed by atoms with Crippen LogP contribution in [-0.2, 0) is 4.79 Å². The van der Waals surface area contributed by atoms with Crippen LogP contribution in [0.2, 0.25) is 0 Å². The number of nitrogens with zero attached hydrogens (tertiary/aromatic N) is 1. The van der Waals surface area contributed by atoms with Gasteiger partial charge in [-0.05, 0) is 73.3 Å². The third-order valence-electron chi connectivity index (χ3n) is 4.86. The van der Waals surface area contributed by atoms with Crippen molar-refractivity contribution in [1.82, 2.24) is 10.2 Å². The van der Waals surface area contributed by atoms with Gasteiger partial charge in [-0.3, -0.25) is 9.69 Å². The predicted molar refractivity (Wildman–Crippen MR) is 100 cm³/mol. The second-order valence-corrected chi connectivity index (χ2v) is 7.56. The van der Waals surface area contributed by atoms with Crippen molar-refractivity contribution in [1.29, 1.82) is 0 Å². The number of halogens is 2. The number of hydrogen-bond acceptors (Lipinski definition) is 3. The molecule has 1 amide bonds. The van der Waals surface area contributed by atoms with Crippen LogP contribution < -0.4 is 10.6 Å². The van der Waals surface area contributed by atoms with E-state index in [1.165, 1.54) is 18.4 Å². The maximum atomic E-state index is 12.3. The average molecular weight is 403 g/mol. The van der Waals surface area contributed by atoms with Gasteiger partial charge in [-0.2, -0.15) is 0 Å². The molecule has 0 radical (unpaired) electrons. The summed E-state index contributed by atoms with van der Waals surface area (Å²) in [6.45, 7) is 2.49. The molecule has 0 spiro atoms. The molecule has 4 nitrogen and oxygen atoms in total. The van der Waals surface area contributed by atoms with E-state index in [0.29, 0.717) is 24.7 Å². The Labute approximate surface area is 152 Å². The third-order valence-corrected chi connectivity index (χ3v) is 5.52. The van der Waals surface area contributed by atoms with Crippen molar-refractivity contribution >= 4 is 39.9 Å². The fourth-order valence-corrected chi connectivity index (χ4v) is 4.25. The van der Waals surface area contributed by atoms with E-state index < -0.39 is 0 Å². The molecule has 2 heterocycles. The molecule has 0 aliphatic carbocycles. The summed E-state index contributed by atoms with van der Waals surface area (Å²) in [5.74, 6) is 0.0536. The second kappa shape index (κ2) is 7.97. The predicted octanol–water partition coefficient (Wildman–Crippen LogP) is 3.33. The van der Waals surface area contributed by atoms with E-state index in [9.17, 15) is 4.79 Å². The van der Waals surface area contributed by atoms with Crippen LogP contribution in [0.3, 0.4) is 0 Å². The molecule has 2 atom stereocenters. The van der Waals surface area contributed by atoms with E-state index in [1.807, 2.05) is 25.1 Å². The van der Waals surface area contributed by atoms with Crippen LogP contribution >= 0.6 is 28.3 Å². The van der Waals surface area contributed by atoms with E-state index >= 15 is 0 Å². The lowest BCUT2D eigenvalue weighted by atomic mass is 9.98. The quantitative estimate of drug-likeness (QED) is 0.812. The number of piperidine rings is 1. The van der Waals surface area contributed by atoms with Crippen molar-refractivity contribution in [2.45, 2.75) is 50.7 Å². The molecule has 128 valence electrons. The van der Waals surface area contributed by atoms with Crippen molar-refractivity contribution in [3.8, 4) is 0 Å². The molecular weight excluding hydrogens is 378 g/mol. The first-order valence-corrected chi connectivity index (χ1v) is 8.83. The van der Waals surface area contributed by atoms with E-state index in [1.54, 1.807) is 0 Å². The summed E-state index contributed by atoms with van der Waals surface area (Å²) < 4.78 is 0.934. The molecule has 3 rings (SSSR count). The molecular formula is C17H25BrClN3O. The van der Waals surface area contributed by atoms with E-state index in [-0.39, 0.29) is 18.3 Å². The van der Waals surface area contributed by atoms with Gasteiger partial charge in [-0.15, -0.1) is 12.4 Å². The second-order valence-electron chi connectivity index (χ2n) is 6.71. The molecule has 2 bridgehead atoms. The highest BCUT2D eigenvalue weighted by Crippen LogP contribution is 2.29. The number of fused-ring (bicyclic) bond motifs is 2. The summed E-state index contributed by atoms with van der Waals surface area (Å²) >= 11 is 3.51. The number of carbonyl (C=O) groups excluding carboxylic acids is 1. The average Bonchev–Trinajstić information content (AvgIpc) is 2.80. The van der Waals surface area contributed by atoms with Crippen LogP contribution in [0.25, 0.3) is 0 Å². The zero-order valence-electron chi connectivity index (χ0n) is 13.6.